The van der Waals surface area contributed by atoms with Crippen molar-refractivity contribution in [3.63, 3.8) is 0 Å². The van der Waals surface area contributed by atoms with E-state index >= 15 is 0 Å². The molecule has 3 rings (SSSR count). The van der Waals surface area contributed by atoms with E-state index in [0.717, 1.165) is 16.9 Å². The molecular weight excluding hydrogens is 278 g/mol. The molecule has 0 N–H and O–H groups in total. The van der Waals surface area contributed by atoms with Crippen molar-refractivity contribution in [3.8, 4) is 5.75 Å². The van der Waals surface area contributed by atoms with E-state index in [1.807, 2.05) is 54.6 Å². The number of amides is 1. The molecule has 0 saturated carbocycles. The monoisotopic (exact) mass is 297 g/mol. The van der Waals surface area contributed by atoms with Crippen LogP contribution in [0.3, 0.4) is 0 Å². The zero-order valence-electron chi connectivity index (χ0n) is 12.6. The second-order valence-electron chi connectivity index (χ2n) is 5.42. The minimum atomic E-state index is -0.0640. The molecule has 1 aliphatic heterocycles. The maximum Gasteiger partial charge on any atom is 0.248 e. The topological polar surface area (TPSA) is 38.8 Å². The number of ether oxygens (including phenoxy) is 2. The largest absolute Gasteiger partial charge is 0.489 e. The van der Waals surface area contributed by atoms with Gasteiger partial charge in [-0.3, -0.25) is 4.79 Å². The number of nitrogens with zero attached hydrogens (tertiary/aromatic N) is 1. The lowest BCUT2D eigenvalue weighted by molar-refractivity contribution is -0.147. The van der Waals surface area contributed by atoms with Crippen LogP contribution >= 0.6 is 0 Å². The second kappa shape index (κ2) is 6.62. The number of carbonyl (C=O) groups is 1. The van der Waals surface area contributed by atoms with E-state index in [1.165, 1.54) is 0 Å². The summed E-state index contributed by atoms with van der Waals surface area (Å²) in [5.74, 6) is 0.854. The Morgan fingerprint density at radius 2 is 1.86 bits per heavy atom. The first-order valence-corrected chi connectivity index (χ1v) is 7.34. The van der Waals surface area contributed by atoms with Gasteiger partial charge in [-0.25, -0.2) is 0 Å². The fourth-order valence-corrected chi connectivity index (χ4v) is 2.41. The van der Waals surface area contributed by atoms with Crippen molar-refractivity contribution in [2.75, 3.05) is 20.2 Å². The summed E-state index contributed by atoms with van der Waals surface area (Å²) in [5, 5.41) is 0. The molecule has 1 atom stereocenters. The molecule has 114 valence electrons. The Bertz CT molecular complexity index is 625. The third-order valence-corrected chi connectivity index (χ3v) is 3.77. The minimum Gasteiger partial charge on any atom is -0.489 e. The third-order valence-electron chi connectivity index (χ3n) is 3.77. The van der Waals surface area contributed by atoms with Crippen LogP contribution in [0.4, 0.5) is 0 Å². The smallest absolute Gasteiger partial charge is 0.248 e. The molecule has 0 aromatic heterocycles. The highest BCUT2D eigenvalue weighted by Crippen LogP contribution is 2.24. The molecule has 0 spiro atoms. The molecule has 22 heavy (non-hydrogen) atoms. The first kappa shape index (κ1) is 14.6. The number of rotatable bonds is 4. The van der Waals surface area contributed by atoms with E-state index in [0.29, 0.717) is 13.2 Å². The van der Waals surface area contributed by atoms with Crippen LogP contribution in [0.15, 0.2) is 54.6 Å². The SMILES string of the molecule is CN1CC(c2ccc(OCc3ccccc3)cc2)OCC1=O. The summed E-state index contributed by atoms with van der Waals surface area (Å²) in [6.45, 7) is 1.29. The summed E-state index contributed by atoms with van der Waals surface area (Å²) < 4.78 is 11.4. The minimum absolute atomic E-state index is 0.0269. The average Bonchev–Trinajstić information content (AvgIpc) is 2.57. The Hall–Kier alpha value is -2.33. The summed E-state index contributed by atoms with van der Waals surface area (Å²) in [6.07, 6.45) is -0.0640. The van der Waals surface area contributed by atoms with Gasteiger partial charge < -0.3 is 14.4 Å². The van der Waals surface area contributed by atoms with Gasteiger partial charge >= 0.3 is 0 Å². The van der Waals surface area contributed by atoms with Gasteiger partial charge in [0.05, 0.1) is 6.54 Å². The molecule has 0 radical (unpaired) electrons. The fourth-order valence-electron chi connectivity index (χ4n) is 2.41. The van der Waals surface area contributed by atoms with Crippen molar-refractivity contribution in [2.24, 2.45) is 0 Å². The zero-order chi connectivity index (χ0) is 15.4. The highest BCUT2D eigenvalue weighted by molar-refractivity contribution is 5.77. The molecule has 1 unspecified atom stereocenters. The first-order valence-electron chi connectivity index (χ1n) is 7.34. The molecule has 4 heteroatoms. The standard InChI is InChI=1S/C18H19NO3/c1-19-11-17(22-13-18(19)20)15-7-9-16(10-8-15)21-12-14-5-3-2-4-6-14/h2-10,17H,11-13H2,1H3. The Kier molecular flexibility index (Phi) is 4.39. The number of hydrogen-bond acceptors (Lipinski definition) is 3. The Labute approximate surface area is 130 Å². The van der Waals surface area contributed by atoms with Crippen molar-refractivity contribution in [3.05, 3.63) is 65.7 Å². The Balaban J connectivity index is 1.59. The van der Waals surface area contributed by atoms with E-state index in [2.05, 4.69) is 0 Å². The van der Waals surface area contributed by atoms with Crippen molar-refractivity contribution < 1.29 is 14.3 Å². The van der Waals surface area contributed by atoms with Crippen LogP contribution in [-0.4, -0.2) is 31.0 Å². The van der Waals surface area contributed by atoms with Gasteiger partial charge in [0.25, 0.3) is 0 Å². The molecule has 1 saturated heterocycles. The molecular formula is C18H19NO3. The van der Waals surface area contributed by atoms with Crippen LogP contribution in [-0.2, 0) is 16.1 Å². The number of carbonyl (C=O) groups excluding carboxylic acids is 1. The molecule has 1 heterocycles. The van der Waals surface area contributed by atoms with E-state index in [1.54, 1.807) is 11.9 Å². The molecule has 2 aromatic carbocycles. The molecule has 4 nitrogen and oxygen atoms in total. The fraction of sp³-hybridized carbons (Fsp3) is 0.278. The summed E-state index contributed by atoms with van der Waals surface area (Å²) in [6, 6.07) is 17.9. The van der Waals surface area contributed by atoms with Crippen LogP contribution in [0.25, 0.3) is 0 Å². The molecule has 0 bridgehead atoms. The predicted octanol–water partition coefficient (Wildman–Crippen LogP) is 2.80. The quantitative estimate of drug-likeness (QED) is 0.871. The Morgan fingerprint density at radius 1 is 1.14 bits per heavy atom. The molecule has 1 amide bonds. The lowest BCUT2D eigenvalue weighted by Gasteiger charge is -2.30. The molecule has 1 aliphatic rings. The lowest BCUT2D eigenvalue weighted by Crippen LogP contribution is -2.40. The van der Waals surface area contributed by atoms with Crippen LogP contribution in [0.2, 0.25) is 0 Å². The van der Waals surface area contributed by atoms with Crippen molar-refractivity contribution >= 4 is 5.91 Å². The first-order chi connectivity index (χ1) is 10.7. The average molecular weight is 297 g/mol. The number of benzene rings is 2. The third kappa shape index (κ3) is 3.46. The highest BCUT2D eigenvalue weighted by atomic mass is 16.5. The summed E-state index contributed by atoms with van der Waals surface area (Å²) >= 11 is 0. The van der Waals surface area contributed by atoms with Gasteiger partial charge in [0.2, 0.25) is 5.91 Å². The van der Waals surface area contributed by atoms with Gasteiger partial charge in [0.1, 0.15) is 25.1 Å². The number of hydrogen-bond donors (Lipinski definition) is 0. The van der Waals surface area contributed by atoms with Gasteiger partial charge in [0.15, 0.2) is 0 Å². The van der Waals surface area contributed by atoms with E-state index in [-0.39, 0.29) is 18.6 Å². The Morgan fingerprint density at radius 3 is 2.55 bits per heavy atom. The second-order valence-corrected chi connectivity index (χ2v) is 5.42. The van der Waals surface area contributed by atoms with Crippen LogP contribution < -0.4 is 4.74 Å². The van der Waals surface area contributed by atoms with E-state index < -0.39 is 0 Å². The van der Waals surface area contributed by atoms with Crippen molar-refractivity contribution in [1.29, 1.82) is 0 Å². The van der Waals surface area contributed by atoms with E-state index in [9.17, 15) is 4.79 Å². The van der Waals surface area contributed by atoms with Crippen LogP contribution in [0.1, 0.15) is 17.2 Å². The van der Waals surface area contributed by atoms with Gasteiger partial charge in [-0.1, -0.05) is 42.5 Å². The summed E-state index contributed by atoms with van der Waals surface area (Å²) in [5.41, 5.74) is 2.20. The van der Waals surface area contributed by atoms with Gasteiger partial charge in [-0.15, -0.1) is 0 Å². The van der Waals surface area contributed by atoms with Crippen molar-refractivity contribution in [1.82, 2.24) is 4.90 Å². The van der Waals surface area contributed by atoms with Gasteiger partial charge in [0, 0.05) is 7.05 Å². The normalized spacial score (nSPS) is 18.3. The predicted molar refractivity (Wildman–Crippen MR) is 83.5 cm³/mol. The lowest BCUT2D eigenvalue weighted by atomic mass is 10.1. The van der Waals surface area contributed by atoms with E-state index in [4.69, 9.17) is 9.47 Å². The maximum absolute atomic E-state index is 11.4. The number of likely N-dealkylation sites (N-methyl/N-ethyl adjacent to an activating group) is 1. The van der Waals surface area contributed by atoms with Crippen LogP contribution in [0, 0.1) is 0 Å². The van der Waals surface area contributed by atoms with Crippen LogP contribution in [0.5, 0.6) is 5.75 Å². The summed E-state index contributed by atoms with van der Waals surface area (Å²) in [4.78, 5) is 13.1. The van der Waals surface area contributed by atoms with Gasteiger partial charge in [-0.05, 0) is 23.3 Å². The maximum atomic E-state index is 11.4. The zero-order valence-corrected chi connectivity index (χ0v) is 12.6. The highest BCUT2D eigenvalue weighted by Gasteiger charge is 2.24. The molecule has 1 fully saturated rings. The van der Waals surface area contributed by atoms with Gasteiger partial charge in [-0.2, -0.15) is 0 Å². The molecule has 0 aliphatic carbocycles. The molecule has 2 aromatic rings. The number of morpholine rings is 1. The summed E-state index contributed by atoms with van der Waals surface area (Å²) in [7, 11) is 1.80. The van der Waals surface area contributed by atoms with Crippen molar-refractivity contribution in [2.45, 2.75) is 12.7 Å².